The summed E-state index contributed by atoms with van der Waals surface area (Å²) in [6, 6.07) is 7.70. The first-order valence-corrected chi connectivity index (χ1v) is 10.7. The van der Waals surface area contributed by atoms with Crippen LogP contribution in [0.2, 0.25) is 0 Å². The Morgan fingerprint density at radius 3 is 2.70 bits per heavy atom. The number of aromatic nitrogens is 1. The van der Waals surface area contributed by atoms with Gasteiger partial charge in [0.1, 0.15) is 6.07 Å². The van der Waals surface area contributed by atoms with Crippen LogP contribution in [-0.2, 0) is 4.79 Å². The Bertz CT molecular complexity index is 989. The number of fused-ring (bicyclic) bond motifs is 1. The molecule has 1 aliphatic heterocycles. The molecule has 0 saturated carbocycles. The van der Waals surface area contributed by atoms with Crippen molar-refractivity contribution in [2.45, 2.75) is 28.5 Å². The van der Waals surface area contributed by atoms with Crippen molar-refractivity contribution in [1.29, 1.82) is 5.26 Å². The summed E-state index contributed by atoms with van der Waals surface area (Å²) in [6.45, 7) is -0.152. The highest BCUT2D eigenvalue weighted by Gasteiger charge is 2.45. The second-order valence-corrected chi connectivity index (χ2v) is 11.1. The molecule has 1 aliphatic rings. The van der Waals surface area contributed by atoms with Crippen molar-refractivity contribution in [1.82, 2.24) is 10.3 Å². The fraction of sp³-hybridized carbons (Fsp3) is 0.421. The smallest absolute Gasteiger partial charge is 0.368 e. The Balaban J connectivity index is 1.93. The second kappa shape index (κ2) is 8.79. The SMILES string of the molecule is N#Cc1ccc(N2CC(NC(=O)CC(F)(P)I)CC(C(F)(F)F)C2)c2cccnc12. The van der Waals surface area contributed by atoms with Gasteiger partial charge in [-0.05, 0) is 53.3 Å². The highest BCUT2D eigenvalue weighted by Crippen LogP contribution is 2.38. The van der Waals surface area contributed by atoms with E-state index in [1.165, 1.54) is 34.9 Å². The molecule has 1 aromatic heterocycles. The second-order valence-electron chi connectivity index (χ2n) is 7.23. The molecule has 0 spiro atoms. The van der Waals surface area contributed by atoms with Crippen LogP contribution in [-0.4, -0.2) is 39.6 Å². The normalized spacial score (nSPS) is 21.7. The maximum atomic E-state index is 13.7. The van der Waals surface area contributed by atoms with Crippen molar-refractivity contribution in [2.75, 3.05) is 18.0 Å². The molecular weight excluding hydrogens is 534 g/mol. The van der Waals surface area contributed by atoms with Gasteiger partial charge < -0.3 is 10.2 Å². The standard InChI is InChI=1S/C19H18F4IN4OP/c20-18(24,30)7-16(29)27-13-6-12(19(21,22)23)9-28(10-13)15-4-3-11(8-25)17-14(15)2-1-5-26-17/h1-5,12-13H,6-7,9-10,30H2,(H,27,29). The lowest BCUT2D eigenvalue weighted by Crippen LogP contribution is -2.54. The summed E-state index contributed by atoms with van der Waals surface area (Å²) in [5, 5.41) is 12.4. The van der Waals surface area contributed by atoms with Crippen LogP contribution >= 0.6 is 31.8 Å². The molecule has 11 heteroatoms. The Morgan fingerprint density at radius 2 is 2.07 bits per heavy atom. The van der Waals surface area contributed by atoms with Crippen LogP contribution in [0.1, 0.15) is 18.4 Å². The van der Waals surface area contributed by atoms with Crippen LogP contribution in [0.25, 0.3) is 10.9 Å². The van der Waals surface area contributed by atoms with E-state index in [0.717, 1.165) is 0 Å². The minimum Gasteiger partial charge on any atom is -0.368 e. The maximum absolute atomic E-state index is 13.7. The van der Waals surface area contributed by atoms with Crippen molar-refractivity contribution in [3.8, 4) is 6.07 Å². The van der Waals surface area contributed by atoms with E-state index >= 15 is 0 Å². The topological polar surface area (TPSA) is 69.0 Å². The predicted molar refractivity (Wildman–Crippen MR) is 117 cm³/mol. The number of pyridine rings is 1. The molecule has 5 nitrogen and oxygen atoms in total. The van der Waals surface area contributed by atoms with Crippen LogP contribution in [0.4, 0.5) is 23.2 Å². The first-order valence-electron chi connectivity index (χ1n) is 9.03. The van der Waals surface area contributed by atoms with Crippen molar-refractivity contribution >= 4 is 54.3 Å². The van der Waals surface area contributed by atoms with Gasteiger partial charge in [-0.2, -0.15) is 18.4 Å². The van der Waals surface area contributed by atoms with E-state index in [9.17, 15) is 27.6 Å². The van der Waals surface area contributed by atoms with Crippen LogP contribution in [0.5, 0.6) is 0 Å². The van der Waals surface area contributed by atoms with Crippen molar-refractivity contribution in [3.63, 3.8) is 0 Å². The molecular formula is C19H18F4IN4OP. The van der Waals surface area contributed by atoms with Crippen molar-refractivity contribution < 1.29 is 22.4 Å². The summed E-state index contributed by atoms with van der Waals surface area (Å²) in [5.41, 5.74) is 1.23. The average Bonchev–Trinajstić information content (AvgIpc) is 2.64. The summed E-state index contributed by atoms with van der Waals surface area (Å²) in [6.07, 6.45) is -3.69. The first-order chi connectivity index (χ1) is 14.0. The van der Waals surface area contributed by atoms with Gasteiger partial charge in [-0.3, -0.25) is 9.78 Å². The molecule has 2 heterocycles. The Morgan fingerprint density at radius 1 is 1.33 bits per heavy atom. The molecule has 1 saturated heterocycles. The summed E-state index contributed by atoms with van der Waals surface area (Å²) in [7, 11) is 1.89. The molecule has 4 atom stereocenters. The molecule has 30 heavy (non-hydrogen) atoms. The van der Waals surface area contributed by atoms with Gasteiger partial charge in [-0.15, -0.1) is 0 Å². The summed E-state index contributed by atoms with van der Waals surface area (Å²) in [5.74, 6) is -2.31. The van der Waals surface area contributed by atoms with Gasteiger partial charge in [-0.1, -0.05) is 9.24 Å². The molecule has 0 radical (unpaired) electrons. The van der Waals surface area contributed by atoms with Gasteiger partial charge in [0.25, 0.3) is 0 Å². The number of carbonyl (C=O) groups excluding carboxylic acids is 1. The van der Waals surface area contributed by atoms with Gasteiger partial charge in [0.15, 0.2) is 3.42 Å². The fourth-order valence-electron chi connectivity index (χ4n) is 3.65. The number of rotatable bonds is 4. The Hall–Kier alpha value is -1.73. The number of hydrogen-bond donors (Lipinski definition) is 1. The van der Waals surface area contributed by atoms with Crippen molar-refractivity contribution in [2.24, 2.45) is 5.92 Å². The van der Waals surface area contributed by atoms with Gasteiger partial charge in [0.2, 0.25) is 5.91 Å². The molecule has 1 aromatic carbocycles. The zero-order valence-corrected chi connectivity index (χ0v) is 18.9. The van der Waals surface area contributed by atoms with Crippen LogP contribution in [0.3, 0.4) is 0 Å². The Kier molecular flexibility index (Phi) is 6.72. The number of nitriles is 1. The molecule has 1 fully saturated rings. The van der Waals surface area contributed by atoms with E-state index in [1.54, 1.807) is 23.1 Å². The summed E-state index contributed by atoms with van der Waals surface area (Å²) >= 11 is 1.44. The zero-order chi connectivity index (χ0) is 22.1. The van der Waals surface area contributed by atoms with Gasteiger partial charge in [0, 0.05) is 36.4 Å². The molecule has 3 rings (SSSR count). The number of benzene rings is 1. The van der Waals surface area contributed by atoms with E-state index < -0.39 is 33.9 Å². The molecule has 1 amide bonds. The fourth-order valence-corrected chi connectivity index (χ4v) is 4.19. The number of hydrogen-bond acceptors (Lipinski definition) is 4. The van der Waals surface area contributed by atoms with Gasteiger partial charge in [-0.25, -0.2) is 4.39 Å². The summed E-state index contributed by atoms with van der Waals surface area (Å²) < 4.78 is 52.6. The maximum Gasteiger partial charge on any atom is 0.393 e. The Labute approximate surface area is 186 Å². The van der Waals surface area contributed by atoms with Gasteiger partial charge in [0.05, 0.1) is 23.4 Å². The first kappa shape index (κ1) is 22.9. The third-order valence-corrected chi connectivity index (χ3v) is 5.47. The largest absolute Gasteiger partial charge is 0.393 e. The molecule has 4 unspecified atom stereocenters. The lowest BCUT2D eigenvalue weighted by atomic mass is 9.92. The monoisotopic (exact) mass is 552 g/mol. The quantitative estimate of drug-likeness (QED) is 0.266. The van der Waals surface area contributed by atoms with Crippen LogP contribution in [0.15, 0.2) is 30.5 Å². The molecule has 0 bridgehead atoms. The van der Waals surface area contributed by atoms with Crippen molar-refractivity contribution in [3.05, 3.63) is 36.0 Å². The zero-order valence-electron chi connectivity index (χ0n) is 15.6. The molecule has 2 aromatic rings. The number of nitrogens with zero attached hydrogens (tertiary/aromatic N) is 3. The van der Waals surface area contributed by atoms with E-state index in [-0.39, 0.29) is 19.5 Å². The number of anilines is 1. The van der Waals surface area contributed by atoms with Crippen LogP contribution < -0.4 is 10.2 Å². The highest BCUT2D eigenvalue weighted by atomic mass is 127. The number of amides is 1. The minimum absolute atomic E-state index is 0.131. The number of alkyl halides is 5. The number of nitrogens with one attached hydrogen (secondary N) is 1. The summed E-state index contributed by atoms with van der Waals surface area (Å²) in [4.78, 5) is 17.9. The number of carbonyl (C=O) groups is 1. The van der Waals surface area contributed by atoms with Gasteiger partial charge >= 0.3 is 6.18 Å². The van der Waals surface area contributed by atoms with E-state index in [1.807, 2.05) is 15.3 Å². The molecule has 1 N–H and O–H groups in total. The third-order valence-electron chi connectivity index (χ3n) is 4.88. The lowest BCUT2D eigenvalue weighted by molar-refractivity contribution is -0.178. The van der Waals surface area contributed by atoms with Crippen LogP contribution in [0, 0.1) is 17.2 Å². The molecule has 160 valence electrons. The van der Waals surface area contributed by atoms with E-state index in [2.05, 4.69) is 10.3 Å². The average molecular weight is 552 g/mol. The number of halogens is 5. The van der Waals surface area contributed by atoms with E-state index in [4.69, 9.17) is 0 Å². The predicted octanol–water partition coefficient (Wildman–Crippen LogP) is 4.30. The minimum atomic E-state index is -4.45. The van der Waals surface area contributed by atoms with E-state index in [0.29, 0.717) is 22.2 Å². The lowest BCUT2D eigenvalue weighted by Gasteiger charge is -2.40. The molecule has 0 aliphatic carbocycles. The third kappa shape index (κ3) is 5.49. The highest BCUT2D eigenvalue weighted by molar-refractivity contribution is 14.1. The number of piperidine rings is 1.